The first-order chi connectivity index (χ1) is 13.8. The van der Waals surface area contributed by atoms with Crippen LogP contribution in [0.25, 0.3) is 0 Å². The van der Waals surface area contributed by atoms with E-state index in [1.165, 1.54) is 22.2 Å². The van der Waals surface area contributed by atoms with Crippen molar-refractivity contribution in [1.82, 2.24) is 25.1 Å². The Hall–Kier alpha value is -2.19. The van der Waals surface area contributed by atoms with Crippen molar-refractivity contribution in [3.05, 3.63) is 58.3 Å². The van der Waals surface area contributed by atoms with Gasteiger partial charge in [0.1, 0.15) is 0 Å². The third-order valence-electron chi connectivity index (χ3n) is 5.04. The highest BCUT2D eigenvalue weighted by Gasteiger charge is 2.23. The fraction of sp³-hybridized carbons (Fsp3) is 0.400. The number of likely N-dealkylation sites (tertiary alicyclic amines) is 1. The van der Waals surface area contributed by atoms with Crippen molar-refractivity contribution in [2.75, 3.05) is 18.8 Å². The van der Waals surface area contributed by atoms with Gasteiger partial charge in [-0.15, -0.1) is 16.4 Å². The van der Waals surface area contributed by atoms with Crippen molar-refractivity contribution >= 4 is 29.0 Å². The van der Waals surface area contributed by atoms with E-state index in [-0.39, 0.29) is 5.91 Å². The number of benzene rings is 1. The SMILES string of the molecule is O=C(CSc1nnnn1Cc1cccs1)N1CCC(Cc2ccccc2)CC1. The number of carbonyl (C=O) groups is 1. The average molecular weight is 414 g/mol. The first-order valence-corrected chi connectivity index (χ1v) is 11.4. The number of nitrogens with zero attached hydrogens (tertiary/aromatic N) is 5. The lowest BCUT2D eigenvalue weighted by molar-refractivity contribution is -0.129. The number of amides is 1. The molecule has 0 bridgehead atoms. The maximum absolute atomic E-state index is 12.6. The predicted octanol–water partition coefficient (Wildman–Crippen LogP) is 3.36. The molecule has 4 rings (SSSR count). The zero-order valence-electron chi connectivity index (χ0n) is 15.6. The molecule has 0 unspecified atom stereocenters. The van der Waals surface area contributed by atoms with E-state index in [1.54, 1.807) is 16.0 Å². The van der Waals surface area contributed by atoms with Crippen LogP contribution in [0.5, 0.6) is 0 Å². The number of aromatic nitrogens is 4. The molecule has 0 N–H and O–H groups in total. The van der Waals surface area contributed by atoms with Crippen LogP contribution in [0.1, 0.15) is 23.3 Å². The highest BCUT2D eigenvalue weighted by molar-refractivity contribution is 7.99. The molecular weight excluding hydrogens is 390 g/mol. The molecule has 28 heavy (non-hydrogen) atoms. The van der Waals surface area contributed by atoms with E-state index >= 15 is 0 Å². The van der Waals surface area contributed by atoms with Gasteiger partial charge in [0.25, 0.3) is 0 Å². The second kappa shape index (κ2) is 9.34. The third kappa shape index (κ3) is 4.99. The molecule has 0 aliphatic carbocycles. The van der Waals surface area contributed by atoms with Gasteiger partial charge in [0.15, 0.2) is 0 Å². The molecule has 1 aromatic carbocycles. The number of hydrogen-bond donors (Lipinski definition) is 0. The fourth-order valence-corrected chi connectivity index (χ4v) is 4.97. The summed E-state index contributed by atoms with van der Waals surface area (Å²) in [6, 6.07) is 14.7. The quantitative estimate of drug-likeness (QED) is 0.556. The van der Waals surface area contributed by atoms with E-state index in [0.717, 1.165) is 32.4 Å². The van der Waals surface area contributed by atoms with Crippen molar-refractivity contribution < 1.29 is 4.79 Å². The monoisotopic (exact) mass is 413 g/mol. The molecular formula is C20H23N5OS2. The van der Waals surface area contributed by atoms with Crippen LogP contribution in [-0.4, -0.2) is 49.9 Å². The van der Waals surface area contributed by atoms with E-state index < -0.39 is 0 Å². The first kappa shape index (κ1) is 19.1. The van der Waals surface area contributed by atoms with Gasteiger partial charge in [-0.05, 0) is 52.6 Å². The summed E-state index contributed by atoms with van der Waals surface area (Å²) in [5.41, 5.74) is 1.39. The molecule has 0 spiro atoms. The van der Waals surface area contributed by atoms with Crippen LogP contribution in [0, 0.1) is 5.92 Å². The average Bonchev–Trinajstić information content (AvgIpc) is 3.40. The van der Waals surface area contributed by atoms with E-state index in [1.807, 2.05) is 16.3 Å². The molecule has 3 aromatic rings. The van der Waals surface area contributed by atoms with E-state index in [9.17, 15) is 4.79 Å². The molecule has 1 saturated heterocycles. The topological polar surface area (TPSA) is 63.9 Å². The summed E-state index contributed by atoms with van der Waals surface area (Å²) in [6.07, 6.45) is 3.25. The Morgan fingerprint density at radius 1 is 1.14 bits per heavy atom. The molecule has 2 aromatic heterocycles. The molecule has 6 nitrogen and oxygen atoms in total. The van der Waals surface area contributed by atoms with Crippen molar-refractivity contribution in [2.45, 2.75) is 31.0 Å². The van der Waals surface area contributed by atoms with Gasteiger partial charge in [-0.3, -0.25) is 4.79 Å². The molecule has 0 radical (unpaired) electrons. The molecule has 0 atom stereocenters. The smallest absolute Gasteiger partial charge is 0.233 e. The predicted molar refractivity (Wildman–Crippen MR) is 111 cm³/mol. The van der Waals surface area contributed by atoms with E-state index in [0.29, 0.717) is 23.4 Å². The number of tetrazole rings is 1. The van der Waals surface area contributed by atoms with Gasteiger partial charge in [-0.25, -0.2) is 4.68 Å². The van der Waals surface area contributed by atoms with Gasteiger partial charge in [-0.2, -0.15) is 0 Å². The Balaban J connectivity index is 1.24. The maximum atomic E-state index is 12.6. The van der Waals surface area contributed by atoms with Crippen molar-refractivity contribution in [2.24, 2.45) is 5.92 Å². The molecule has 8 heteroatoms. The summed E-state index contributed by atoms with van der Waals surface area (Å²) < 4.78 is 1.76. The first-order valence-electron chi connectivity index (χ1n) is 9.51. The molecule has 3 heterocycles. The van der Waals surface area contributed by atoms with Crippen LogP contribution in [-0.2, 0) is 17.8 Å². The van der Waals surface area contributed by atoms with Gasteiger partial charge < -0.3 is 4.90 Å². The second-order valence-corrected chi connectivity index (χ2v) is 8.98. The van der Waals surface area contributed by atoms with Gasteiger partial charge in [0.05, 0.1) is 12.3 Å². The summed E-state index contributed by atoms with van der Waals surface area (Å²) in [5, 5.41) is 14.6. The Bertz CT molecular complexity index is 873. The van der Waals surface area contributed by atoms with Crippen molar-refractivity contribution in [1.29, 1.82) is 0 Å². The minimum atomic E-state index is 0.175. The Kier molecular flexibility index (Phi) is 6.38. The summed E-state index contributed by atoms with van der Waals surface area (Å²) >= 11 is 3.10. The molecule has 146 valence electrons. The normalized spacial score (nSPS) is 15.1. The molecule has 1 aliphatic rings. The van der Waals surface area contributed by atoms with Crippen LogP contribution >= 0.6 is 23.1 Å². The van der Waals surface area contributed by atoms with Crippen LogP contribution < -0.4 is 0 Å². The van der Waals surface area contributed by atoms with E-state index in [2.05, 4.69) is 51.9 Å². The lowest BCUT2D eigenvalue weighted by Crippen LogP contribution is -2.39. The molecule has 1 amide bonds. The standard InChI is InChI=1S/C20H23N5OS2/c26-19(15-28-20-21-22-23-25(20)14-18-7-4-12-27-18)24-10-8-17(9-11-24)13-16-5-2-1-3-6-16/h1-7,12,17H,8-11,13-15H2. The number of piperidine rings is 1. The lowest BCUT2D eigenvalue weighted by atomic mass is 9.90. The minimum Gasteiger partial charge on any atom is -0.342 e. The van der Waals surface area contributed by atoms with Crippen LogP contribution in [0.2, 0.25) is 0 Å². The van der Waals surface area contributed by atoms with Gasteiger partial charge >= 0.3 is 0 Å². The Morgan fingerprint density at radius 3 is 2.71 bits per heavy atom. The summed E-state index contributed by atoms with van der Waals surface area (Å²) in [5.74, 6) is 1.22. The summed E-state index contributed by atoms with van der Waals surface area (Å²) in [4.78, 5) is 15.8. The van der Waals surface area contributed by atoms with Crippen molar-refractivity contribution in [3.8, 4) is 0 Å². The Morgan fingerprint density at radius 2 is 1.96 bits per heavy atom. The maximum Gasteiger partial charge on any atom is 0.233 e. The van der Waals surface area contributed by atoms with Crippen molar-refractivity contribution in [3.63, 3.8) is 0 Å². The van der Waals surface area contributed by atoms with Crippen LogP contribution in [0.15, 0.2) is 53.0 Å². The number of carbonyl (C=O) groups excluding carboxylic acids is 1. The third-order valence-corrected chi connectivity index (χ3v) is 6.85. The number of thiophene rings is 1. The molecule has 0 saturated carbocycles. The molecule has 1 fully saturated rings. The van der Waals surface area contributed by atoms with Crippen LogP contribution in [0.4, 0.5) is 0 Å². The van der Waals surface area contributed by atoms with Gasteiger partial charge in [0.2, 0.25) is 11.1 Å². The number of rotatable bonds is 7. The minimum absolute atomic E-state index is 0.175. The van der Waals surface area contributed by atoms with Gasteiger partial charge in [-0.1, -0.05) is 48.2 Å². The van der Waals surface area contributed by atoms with E-state index in [4.69, 9.17) is 0 Å². The summed E-state index contributed by atoms with van der Waals surface area (Å²) in [7, 11) is 0. The fourth-order valence-electron chi connectivity index (χ4n) is 3.50. The largest absolute Gasteiger partial charge is 0.342 e. The zero-order valence-corrected chi connectivity index (χ0v) is 17.2. The highest BCUT2D eigenvalue weighted by Crippen LogP contribution is 2.23. The summed E-state index contributed by atoms with van der Waals surface area (Å²) in [6.45, 7) is 2.33. The van der Waals surface area contributed by atoms with Crippen LogP contribution in [0.3, 0.4) is 0 Å². The zero-order chi connectivity index (χ0) is 19.2. The molecule has 1 aliphatic heterocycles. The lowest BCUT2D eigenvalue weighted by Gasteiger charge is -2.32. The highest BCUT2D eigenvalue weighted by atomic mass is 32.2. The Labute approximate surface area is 172 Å². The van der Waals surface area contributed by atoms with Gasteiger partial charge in [0, 0.05) is 18.0 Å². The number of hydrogen-bond acceptors (Lipinski definition) is 6. The second-order valence-electron chi connectivity index (χ2n) is 7.00. The number of thioether (sulfide) groups is 1.